The van der Waals surface area contributed by atoms with Gasteiger partial charge in [0.25, 0.3) is 0 Å². The van der Waals surface area contributed by atoms with Crippen molar-refractivity contribution in [3.8, 4) is 11.5 Å². The maximum Gasteiger partial charge on any atom is 0.331 e. The highest BCUT2D eigenvalue weighted by Gasteiger charge is 2.12. The lowest BCUT2D eigenvalue weighted by atomic mass is 10.2. The van der Waals surface area contributed by atoms with Crippen molar-refractivity contribution < 1.29 is 19.8 Å². The highest BCUT2D eigenvalue weighted by Crippen LogP contribution is 2.31. The van der Waals surface area contributed by atoms with Crippen molar-refractivity contribution in [1.82, 2.24) is 10.9 Å². The molecule has 0 fully saturated rings. The molecule has 0 saturated heterocycles. The number of rotatable bonds is 4. The second kappa shape index (κ2) is 10.1. The number of phenolic OH excluding ortho intramolecular Hbond substituents is 2. The molecule has 2 amide bonds. The van der Waals surface area contributed by atoms with Gasteiger partial charge in [0.2, 0.25) is 0 Å². The highest BCUT2D eigenvalue weighted by atomic mass is 79.9. The minimum absolute atomic E-state index is 0.0739. The first-order valence-electron chi connectivity index (χ1n) is 7.21. The molecule has 12 heteroatoms. The van der Waals surface area contributed by atoms with Crippen LogP contribution >= 0.6 is 63.7 Å². The summed E-state index contributed by atoms with van der Waals surface area (Å²) in [5.41, 5.74) is 4.66. The number of benzene rings is 2. The third kappa shape index (κ3) is 6.12. The number of carbonyl (C=O) groups is 2. The number of halogens is 4. The van der Waals surface area contributed by atoms with E-state index < -0.39 is 11.8 Å². The van der Waals surface area contributed by atoms with E-state index in [0.29, 0.717) is 29.0 Å². The Morgan fingerprint density at radius 1 is 0.750 bits per heavy atom. The van der Waals surface area contributed by atoms with Gasteiger partial charge in [-0.05, 0) is 56.1 Å². The summed E-state index contributed by atoms with van der Waals surface area (Å²) < 4.78 is 2.23. The van der Waals surface area contributed by atoms with Crippen LogP contribution in [0.5, 0.6) is 11.5 Å². The van der Waals surface area contributed by atoms with Gasteiger partial charge < -0.3 is 10.2 Å². The third-order valence-corrected chi connectivity index (χ3v) is 5.19. The molecule has 0 saturated carbocycles. The number of aromatic hydroxyl groups is 2. The van der Waals surface area contributed by atoms with Crippen LogP contribution in [0.4, 0.5) is 0 Å². The van der Waals surface area contributed by atoms with Crippen LogP contribution in [-0.2, 0) is 9.59 Å². The number of hydrogen-bond donors (Lipinski definition) is 4. The molecule has 146 valence electrons. The maximum absolute atomic E-state index is 11.7. The summed E-state index contributed by atoms with van der Waals surface area (Å²) in [6.07, 6.45) is 2.35. The minimum Gasteiger partial charge on any atom is -0.506 e. The van der Waals surface area contributed by atoms with Crippen LogP contribution in [0.25, 0.3) is 0 Å². The molecule has 28 heavy (non-hydrogen) atoms. The van der Waals surface area contributed by atoms with Gasteiger partial charge in [0.15, 0.2) is 0 Å². The summed E-state index contributed by atoms with van der Waals surface area (Å²) in [6.45, 7) is 0. The van der Waals surface area contributed by atoms with Gasteiger partial charge >= 0.3 is 11.8 Å². The number of amides is 2. The van der Waals surface area contributed by atoms with E-state index in [2.05, 4.69) is 73.9 Å². The first-order chi connectivity index (χ1) is 13.2. The SMILES string of the molecule is O=C(N/N=C\c1cc(Br)cc(Br)c1O)C(=O)N/N=C/c1cc(Br)cc(Br)c1O. The average molecular weight is 642 g/mol. The fourth-order valence-electron chi connectivity index (χ4n) is 1.79. The average Bonchev–Trinajstić information content (AvgIpc) is 2.62. The molecule has 0 unspecified atom stereocenters. The van der Waals surface area contributed by atoms with E-state index in [-0.39, 0.29) is 11.5 Å². The quantitative estimate of drug-likeness (QED) is 0.231. The second-order valence-corrected chi connectivity index (χ2v) is 8.59. The first kappa shape index (κ1) is 22.5. The smallest absolute Gasteiger partial charge is 0.331 e. The van der Waals surface area contributed by atoms with Crippen molar-refractivity contribution in [3.05, 3.63) is 53.3 Å². The van der Waals surface area contributed by atoms with Gasteiger partial charge in [-0.15, -0.1) is 0 Å². The number of hydrazone groups is 2. The predicted octanol–water partition coefficient (Wildman–Crippen LogP) is 3.75. The summed E-state index contributed by atoms with van der Waals surface area (Å²) in [7, 11) is 0. The normalized spacial score (nSPS) is 11.1. The third-order valence-electron chi connectivity index (χ3n) is 3.06. The number of carbonyl (C=O) groups excluding carboxylic acids is 2. The van der Waals surface area contributed by atoms with Crippen molar-refractivity contribution in [2.45, 2.75) is 0 Å². The molecule has 0 radical (unpaired) electrons. The zero-order valence-corrected chi connectivity index (χ0v) is 19.9. The van der Waals surface area contributed by atoms with Crippen LogP contribution in [0.15, 0.2) is 52.4 Å². The zero-order chi connectivity index (χ0) is 20.8. The molecule has 8 nitrogen and oxygen atoms in total. The highest BCUT2D eigenvalue weighted by molar-refractivity contribution is 9.11. The van der Waals surface area contributed by atoms with Crippen molar-refractivity contribution in [2.24, 2.45) is 10.2 Å². The Labute approximate surface area is 192 Å². The Hall–Kier alpha value is -1.76. The van der Waals surface area contributed by atoms with Crippen LogP contribution in [0.2, 0.25) is 0 Å². The molecule has 0 aliphatic heterocycles. The maximum atomic E-state index is 11.7. The largest absolute Gasteiger partial charge is 0.506 e. The Morgan fingerprint density at radius 3 is 1.46 bits per heavy atom. The van der Waals surface area contributed by atoms with Crippen LogP contribution in [0, 0.1) is 0 Å². The summed E-state index contributed by atoms with van der Waals surface area (Å²) in [4.78, 5) is 23.4. The lowest BCUT2D eigenvalue weighted by Crippen LogP contribution is -2.35. The van der Waals surface area contributed by atoms with E-state index >= 15 is 0 Å². The molecule has 0 atom stereocenters. The number of hydrogen-bond acceptors (Lipinski definition) is 6. The fraction of sp³-hybridized carbons (Fsp3) is 0. The van der Waals surface area contributed by atoms with Gasteiger partial charge in [-0.1, -0.05) is 31.9 Å². The topological polar surface area (TPSA) is 123 Å². The van der Waals surface area contributed by atoms with E-state index in [4.69, 9.17) is 0 Å². The number of nitrogens with one attached hydrogen (secondary N) is 2. The van der Waals surface area contributed by atoms with Gasteiger partial charge in [-0.3, -0.25) is 9.59 Å². The molecule has 0 aliphatic carbocycles. The van der Waals surface area contributed by atoms with Crippen molar-refractivity contribution >= 4 is 88.0 Å². The molecule has 0 spiro atoms. The molecular formula is C16H10Br4N4O4. The minimum atomic E-state index is -1.07. The summed E-state index contributed by atoms with van der Waals surface area (Å²) in [5.74, 6) is -2.28. The molecule has 4 N–H and O–H groups in total. The fourth-order valence-corrected chi connectivity index (χ4v) is 4.31. The Morgan fingerprint density at radius 2 is 1.11 bits per heavy atom. The Balaban J connectivity index is 1.96. The van der Waals surface area contributed by atoms with Crippen LogP contribution in [0.3, 0.4) is 0 Å². The molecular weight excluding hydrogens is 632 g/mol. The van der Waals surface area contributed by atoms with Crippen molar-refractivity contribution in [3.63, 3.8) is 0 Å². The predicted molar refractivity (Wildman–Crippen MR) is 118 cm³/mol. The Bertz CT molecular complexity index is 916. The van der Waals surface area contributed by atoms with Gasteiger partial charge in [0.05, 0.1) is 21.4 Å². The second-order valence-electron chi connectivity index (χ2n) is 5.05. The van der Waals surface area contributed by atoms with Crippen LogP contribution in [0.1, 0.15) is 11.1 Å². The summed E-state index contributed by atoms with van der Waals surface area (Å²) in [5, 5.41) is 27.0. The van der Waals surface area contributed by atoms with E-state index in [1.807, 2.05) is 10.9 Å². The lowest BCUT2D eigenvalue weighted by Gasteiger charge is -2.03. The number of nitrogens with zero attached hydrogens (tertiary/aromatic N) is 2. The van der Waals surface area contributed by atoms with Gasteiger partial charge in [-0.2, -0.15) is 10.2 Å². The standard InChI is InChI=1S/C16H10Br4N4O4/c17-9-1-7(13(25)11(19)3-9)5-21-23-15(27)16(28)24-22-6-8-2-10(18)4-12(20)14(8)26/h1-6,25-26H,(H,23,27)(H,24,28)/b21-5-,22-6+. The molecule has 2 rings (SSSR count). The molecule has 2 aromatic rings. The van der Waals surface area contributed by atoms with Gasteiger partial charge in [-0.25, -0.2) is 10.9 Å². The van der Waals surface area contributed by atoms with Gasteiger partial charge in [0, 0.05) is 20.1 Å². The monoisotopic (exact) mass is 638 g/mol. The molecule has 0 aliphatic rings. The lowest BCUT2D eigenvalue weighted by molar-refractivity contribution is -0.139. The van der Waals surface area contributed by atoms with Crippen LogP contribution in [-0.4, -0.2) is 34.5 Å². The van der Waals surface area contributed by atoms with E-state index in [1.54, 1.807) is 24.3 Å². The van der Waals surface area contributed by atoms with E-state index in [9.17, 15) is 19.8 Å². The van der Waals surface area contributed by atoms with Gasteiger partial charge in [0.1, 0.15) is 11.5 Å². The van der Waals surface area contributed by atoms with Crippen molar-refractivity contribution in [1.29, 1.82) is 0 Å². The van der Waals surface area contributed by atoms with Crippen molar-refractivity contribution in [2.75, 3.05) is 0 Å². The summed E-state index contributed by atoms with van der Waals surface area (Å²) in [6, 6.07) is 6.42. The summed E-state index contributed by atoms with van der Waals surface area (Å²) >= 11 is 12.9. The number of phenols is 2. The molecule has 0 bridgehead atoms. The molecule has 0 heterocycles. The van der Waals surface area contributed by atoms with Crippen LogP contribution < -0.4 is 10.9 Å². The zero-order valence-electron chi connectivity index (χ0n) is 13.6. The Kier molecular flexibility index (Phi) is 8.16. The molecule has 2 aromatic carbocycles. The molecule has 0 aromatic heterocycles. The van der Waals surface area contributed by atoms with E-state index in [0.717, 1.165) is 0 Å². The first-order valence-corrected chi connectivity index (χ1v) is 10.4. The van der Waals surface area contributed by atoms with E-state index in [1.165, 1.54) is 12.4 Å².